The molecule has 0 fully saturated rings. The first-order valence-corrected chi connectivity index (χ1v) is 9.03. The molecule has 1 aliphatic heterocycles. The summed E-state index contributed by atoms with van der Waals surface area (Å²) in [4.78, 5) is 12.2. The predicted molar refractivity (Wildman–Crippen MR) is 99.3 cm³/mol. The number of carbonyl (C=O) groups is 1. The normalized spacial score (nSPS) is 13.2. The highest BCUT2D eigenvalue weighted by molar-refractivity contribution is 5.92. The molecule has 1 amide bonds. The number of nitrogens with zero attached hydrogens (tertiary/aromatic N) is 3. The second-order valence-electron chi connectivity index (χ2n) is 6.61. The lowest BCUT2D eigenvalue weighted by Gasteiger charge is -2.13. The summed E-state index contributed by atoms with van der Waals surface area (Å²) in [6.45, 7) is 0.304. The molecule has 0 unspecified atom stereocenters. The summed E-state index contributed by atoms with van der Waals surface area (Å²) in [6, 6.07) is 11.8. The van der Waals surface area contributed by atoms with Crippen LogP contribution in [0.2, 0.25) is 0 Å². The monoisotopic (exact) mass is 402 g/mol. The zero-order chi connectivity index (χ0) is 20.4. The quantitative estimate of drug-likeness (QED) is 0.702. The highest BCUT2D eigenvalue weighted by atomic mass is 19.4. The molecule has 2 heterocycles. The molecule has 2 aromatic carbocycles. The van der Waals surface area contributed by atoms with Gasteiger partial charge in [0.1, 0.15) is 11.6 Å². The van der Waals surface area contributed by atoms with Crippen molar-refractivity contribution >= 4 is 11.6 Å². The van der Waals surface area contributed by atoms with Gasteiger partial charge < -0.3 is 14.6 Å². The minimum atomic E-state index is -4.56. The van der Waals surface area contributed by atoms with E-state index in [4.69, 9.17) is 4.74 Å². The van der Waals surface area contributed by atoms with E-state index in [9.17, 15) is 18.0 Å². The van der Waals surface area contributed by atoms with E-state index in [2.05, 4.69) is 15.5 Å². The van der Waals surface area contributed by atoms with Crippen LogP contribution in [0.15, 0.2) is 48.5 Å². The van der Waals surface area contributed by atoms with Gasteiger partial charge in [-0.2, -0.15) is 13.2 Å². The topological polar surface area (TPSA) is 69.0 Å². The number of amides is 1. The Morgan fingerprint density at radius 3 is 2.79 bits per heavy atom. The number of anilines is 1. The van der Waals surface area contributed by atoms with E-state index in [1.165, 1.54) is 18.2 Å². The Labute approximate surface area is 164 Å². The van der Waals surface area contributed by atoms with Crippen molar-refractivity contribution in [1.82, 2.24) is 14.8 Å². The fraction of sp³-hybridized carbons (Fsp3) is 0.250. The Bertz CT molecular complexity index is 1050. The number of rotatable bonds is 5. The third-order valence-electron chi connectivity index (χ3n) is 4.57. The molecule has 29 heavy (non-hydrogen) atoms. The molecule has 0 aliphatic carbocycles. The predicted octanol–water partition coefficient (Wildman–Crippen LogP) is 3.93. The summed E-state index contributed by atoms with van der Waals surface area (Å²) in [5, 5.41) is 11.0. The van der Waals surface area contributed by atoms with Crippen molar-refractivity contribution < 1.29 is 22.7 Å². The maximum atomic E-state index is 13.0. The van der Waals surface area contributed by atoms with Crippen molar-refractivity contribution in [1.29, 1.82) is 0 Å². The number of fused-ring (bicyclic) bond motifs is 1. The first-order valence-electron chi connectivity index (χ1n) is 9.03. The van der Waals surface area contributed by atoms with Crippen LogP contribution in [-0.2, 0) is 23.9 Å². The van der Waals surface area contributed by atoms with Gasteiger partial charge in [0.2, 0.25) is 0 Å². The number of nitrogens with one attached hydrogen (secondary N) is 1. The molecule has 1 N–H and O–H groups in total. The Hall–Kier alpha value is -3.36. The van der Waals surface area contributed by atoms with Crippen molar-refractivity contribution in [3.05, 3.63) is 59.9 Å². The van der Waals surface area contributed by atoms with Crippen LogP contribution in [0.1, 0.15) is 17.8 Å². The van der Waals surface area contributed by atoms with Crippen LogP contribution in [0.4, 0.5) is 18.9 Å². The number of alkyl halides is 3. The van der Waals surface area contributed by atoms with Crippen LogP contribution < -0.4 is 10.1 Å². The minimum Gasteiger partial charge on any atom is -0.483 e. The second-order valence-corrected chi connectivity index (χ2v) is 6.61. The van der Waals surface area contributed by atoms with Gasteiger partial charge in [0, 0.05) is 24.2 Å². The van der Waals surface area contributed by atoms with Gasteiger partial charge in [-0.3, -0.25) is 4.79 Å². The number of carbonyl (C=O) groups excluding carboxylic acids is 1. The van der Waals surface area contributed by atoms with E-state index in [1.807, 2.05) is 10.6 Å². The first-order chi connectivity index (χ1) is 13.9. The SMILES string of the molecule is O=C(COc1ccccc1C(F)(F)F)Nc1cccc(-c2nnc3n2CCC3)c1. The second kappa shape index (κ2) is 7.57. The van der Waals surface area contributed by atoms with Gasteiger partial charge in [0.05, 0.1) is 5.56 Å². The summed E-state index contributed by atoms with van der Waals surface area (Å²) < 4.78 is 46.1. The molecule has 1 aromatic heterocycles. The van der Waals surface area contributed by atoms with Gasteiger partial charge in [-0.1, -0.05) is 24.3 Å². The minimum absolute atomic E-state index is 0.386. The Morgan fingerprint density at radius 2 is 1.97 bits per heavy atom. The number of hydrogen-bond donors (Lipinski definition) is 1. The molecule has 0 saturated heterocycles. The molecule has 0 atom stereocenters. The fourth-order valence-electron chi connectivity index (χ4n) is 3.27. The smallest absolute Gasteiger partial charge is 0.419 e. The third kappa shape index (κ3) is 4.08. The average molecular weight is 402 g/mol. The molecule has 6 nitrogen and oxygen atoms in total. The maximum Gasteiger partial charge on any atom is 0.419 e. The molecule has 0 bridgehead atoms. The summed E-state index contributed by atoms with van der Waals surface area (Å²) in [7, 11) is 0. The van der Waals surface area contributed by atoms with Crippen LogP contribution in [0, 0.1) is 0 Å². The van der Waals surface area contributed by atoms with Crippen molar-refractivity contribution in [2.75, 3.05) is 11.9 Å². The zero-order valence-electron chi connectivity index (χ0n) is 15.2. The molecule has 0 spiro atoms. The first kappa shape index (κ1) is 19.0. The van der Waals surface area contributed by atoms with Crippen molar-refractivity contribution in [2.24, 2.45) is 0 Å². The Balaban J connectivity index is 1.43. The highest BCUT2D eigenvalue weighted by Gasteiger charge is 2.34. The van der Waals surface area contributed by atoms with Crippen LogP contribution >= 0.6 is 0 Å². The van der Waals surface area contributed by atoms with Crippen molar-refractivity contribution in [2.45, 2.75) is 25.6 Å². The molecule has 3 aromatic rings. The van der Waals surface area contributed by atoms with Crippen molar-refractivity contribution in [3.63, 3.8) is 0 Å². The van der Waals surface area contributed by atoms with Gasteiger partial charge >= 0.3 is 6.18 Å². The Kier molecular flexibility index (Phi) is 4.96. The van der Waals surface area contributed by atoms with Crippen molar-refractivity contribution in [3.8, 4) is 17.1 Å². The lowest BCUT2D eigenvalue weighted by molar-refractivity contribution is -0.139. The highest BCUT2D eigenvalue weighted by Crippen LogP contribution is 2.35. The lowest BCUT2D eigenvalue weighted by atomic mass is 10.2. The third-order valence-corrected chi connectivity index (χ3v) is 4.57. The molecular formula is C20H17F3N4O2. The summed E-state index contributed by atoms with van der Waals surface area (Å²) >= 11 is 0. The van der Waals surface area contributed by atoms with Crippen LogP contribution in [0.5, 0.6) is 5.75 Å². The van der Waals surface area contributed by atoms with Crippen LogP contribution in [0.3, 0.4) is 0 Å². The van der Waals surface area contributed by atoms with E-state index in [-0.39, 0.29) is 5.75 Å². The molecule has 0 saturated carbocycles. The number of benzene rings is 2. The summed E-state index contributed by atoms with van der Waals surface area (Å²) in [6.07, 6.45) is -2.65. The molecule has 1 aliphatic rings. The fourth-order valence-corrected chi connectivity index (χ4v) is 3.27. The van der Waals surface area contributed by atoms with E-state index < -0.39 is 24.3 Å². The standard InChI is InChI=1S/C20H17F3N4O2/c21-20(22,23)15-7-1-2-8-16(15)29-12-18(28)24-14-6-3-5-13(11-14)19-26-25-17-9-4-10-27(17)19/h1-3,5-8,11H,4,9-10,12H2,(H,24,28). The molecule has 150 valence electrons. The summed E-state index contributed by atoms with van der Waals surface area (Å²) in [5.74, 6) is 0.712. The number of hydrogen-bond acceptors (Lipinski definition) is 4. The largest absolute Gasteiger partial charge is 0.483 e. The van der Waals surface area contributed by atoms with E-state index in [1.54, 1.807) is 18.2 Å². The van der Waals surface area contributed by atoms with E-state index in [0.717, 1.165) is 42.7 Å². The lowest BCUT2D eigenvalue weighted by Crippen LogP contribution is -2.21. The Morgan fingerprint density at radius 1 is 1.14 bits per heavy atom. The molecule has 0 radical (unpaired) electrons. The summed E-state index contributed by atoms with van der Waals surface area (Å²) in [5.41, 5.74) is 0.373. The van der Waals surface area contributed by atoms with Crippen LogP contribution in [0.25, 0.3) is 11.4 Å². The number of aryl methyl sites for hydroxylation is 1. The van der Waals surface area contributed by atoms with Gasteiger partial charge in [0.25, 0.3) is 5.91 Å². The van der Waals surface area contributed by atoms with E-state index >= 15 is 0 Å². The van der Waals surface area contributed by atoms with Crippen LogP contribution in [-0.4, -0.2) is 27.3 Å². The van der Waals surface area contributed by atoms with Gasteiger partial charge in [0.15, 0.2) is 12.4 Å². The average Bonchev–Trinajstić information content (AvgIpc) is 3.30. The number of para-hydroxylation sites is 1. The van der Waals surface area contributed by atoms with Gasteiger partial charge in [-0.15, -0.1) is 10.2 Å². The number of ether oxygens (including phenoxy) is 1. The molecule has 9 heteroatoms. The van der Waals surface area contributed by atoms with Gasteiger partial charge in [-0.05, 0) is 30.7 Å². The van der Waals surface area contributed by atoms with E-state index in [0.29, 0.717) is 5.69 Å². The van der Waals surface area contributed by atoms with Gasteiger partial charge in [-0.25, -0.2) is 0 Å². The maximum absolute atomic E-state index is 13.0. The molecule has 4 rings (SSSR count). The molecular weight excluding hydrogens is 385 g/mol. The zero-order valence-corrected chi connectivity index (χ0v) is 15.2. The number of aromatic nitrogens is 3. The number of halogens is 3.